The lowest BCUT2D eigenvalue weighted by Gasteiger charge is -2.15. The number of aliphatic hydroxyl groups is 1. The third-order valence-corrected chi connectivity index (χ3v) is 6.26. The highest BCUT2D eigenvalue weighted by Gasteiger charge is 2.37. The van der Waals surface area contributed by atoms with Gasteiger partial charge >= 0.3 is 5.63 Å². The fourth-order valence-corrected chi connectivity index (χ4v) is 4.90. The van der Waals surface area contributed by atoms with E-state index in [9.17, 15) is 28.2 Å². The largest absolute Gasteiger partial charge is 0.508 e. The Kier molecular flexibility index (Phi) is 4.76. The number of nitrogens with one attached hydrogen (secondary N) is 1. The second kappa shape index (κ2) is 6.73. The van der Waals surface area contributed by atoms with Crippen LogP contribution in [0.5, 0.6) is 5.75 Å². The topological polar surface area (TPSA) is 134 Å². The lowest BCUT2D eigenvalue weighted by molar-refractivity contribution is -0.122. The molecule has 1 amide bonds. The van der Waals surface area contributed by atoms with Crippen molar-refractivity contribution in [2.24, 2.45) is 0 Å². The molecule has 1 aromatic carbocycles. The molecule has 140 valence electrons. The minimum absolute atomic E-state index is 0.0164. The van der Waals surface area contributed by atoms with Crippen LogP contribution in [0.3, 0.4) is 0 Å². The van der Waals surface area contributed by atoms with Crippen molar-refractivity contribution in [3.63, 3.8) is 0 Å². The first kappa shape index (κ1) is 18.4. The van der Waals surface area contributed by atoms with E-state index in [0.29, 0.717) is 16.5 Å². The molecule has 1 aliphatic heterocycles. The van der Waals surface area contributed by atoms with Gasteiger partial charge in [0.25, 0.3) is 0 Å². The standard InChI is InChI=1S/C17H19NO7S/c1-9-11-3-2-10(19)6-15(11)25-17(22)12(9)4-5-16(21)18-13-7-26(23,24)8-14(13)20/h2-3,6,13-14,19-20H,4-5,7-8H2,1H3,(H,18,21). The maximum Gasteiger partial charge on any atom is 0.339 e. The molecule has 2 aromatic rings. The molecule has 0 saturated carbocycles. The molecule has 0 spiro atoms. The maximum absolute atomic E-state index is 12.2. The predicted molar refractivity (Wildman–Crippen MR) is 93.8 cm³/mol. The molecule has 2 heterocycles. The minimum Gasteiger partial charge on any atom is -0.508 e. The summed E-state index contributed by atoms with van der Waals surface area (Å²) in [7, 11) is -3.35. The van der Waals surface area contributed by atoms with E-state index in [4.69, 9.17) is 4.42 Å². The number of aromatic hydroxyl groups is 1. The number of sulfone groups is 1. The summed E-state index contributed by atoms with van der Waals surface area (Å²) in [4.78, 5) is 24.2. The van der Waals surface area contributed by atoms with Gasteiger partial charge in [0.1, 0.15) is 11.3 Å². The number of phenolic OH excluding ortho intramolecular Hbond substituents is 1. The molecule has 3 N–H and O–H groups in total. The van der Waals surface area contributed by atoms with Crippen LogP contribution in [0.4, 0.5) is 0 Å². The second-order valence-electron chi connectivity index (χ2n) is 6.49. The van der Waals surface area contributed by atoms with Gasteiger partial charge in [-0.3, -0.25) is 4.79 Å². The van der Waals surface area contributed by atoms with Crippen LogP contribution in [0.1, 0.15) is 17.5 Å². The Morgan fingerprint density at radius 3 is 2.73 bits per heavy atom. The molecule has 3 rings (SSSR count). The number of carbonyl (C=O) groups excluding carboxylic acids is 1. The fourth-order valence-electron chi connectivity index (χ4n) is 3.16. The van der Waals surface area contributed by atoms with Crippen molar-refractivity contribution >= 4 is 26.7 Å². The van der Waals surface area contributed by atoms with E-state index in [1.54, 1.807) is 13.0 Å². The van der Waals surface area contributed by atoms with Gasteiger partial charge in [-0.25, -0.2) is 13.2 Å². The summed E-state index contributed by atoms with van der Waals surface area (Å²) in [6, 6.07) is 3.63. The predicted octanol–water partition coefficient (Wildman–Crippen LogP) is 0.0137. The molecule has 0 bridgehead atoms. The highest BCUT2D eigenvalue weighted by atomic mass is 32.2. The molecule has 0 radical (unpaired) electrons. The van der Waals surface area contributed by atoms with Gasteiger partial charge in [0.2, 0.25) is 5.91 Å². The van der Waals surface area contributed by atoms with Crippen molar-refractivity contribution in [1.82, 2.24) is 5.32 Å². The maximum atomic E-state index is 12.2. The average Bonchev–Trinajstić information content (AvgIpc) is 2.78. The molecular weight excluding hydrogens is 362 g/mol. The number of phenols is 1. The van der Waals surface area contributed by atoms with Gasteiger partial charge in [-0.2, -0.15) is 0 Å². The molecule has 8 nitrogen and oxygen atoms in total. The van der Waals surface area contributed by atoms with Gasteiger partial charge in [-0.15, -0.1) is 0 Å². The smallest absolute Gasteiger partial charge is 0.339 e. The molecule has 1 aliphatic rings. The Morgan fingerprint density at radius 1 is 1.35 bits per heavy atom. The highest BCUT2D eigenvalue weighted by molar-refractivity contribution is 7.91. The van der Waals surface area contributed by atoms with Crippen LogP contribution in [0.2, 0.25) is 0 Å². The van der Waals surface area contributed by atoms with E-state index in [1.807, 2.05) is 0 Å². The van der Waals surface area contributed by atoms with Crippen molar-refractivity contribution in [3.8, 4) is 5.75 Å². The Morgan fingerprint density at radius 2 is 2.08 bits per heavy atom. The van der Waals surface area contributed by atoms with Crippen LogP contribution in [0.25, 0.3) is 11.0 Å². The van der Waals surface area contributed by atoms with Crippen LogP contribution in [0, 0.1) is 6.92 Å². The molecule has 2 atom stereocenters. The number of fused-ring (bicyclic) bond motifs is 1. The monoisotopic (exact) mass is 381 g/mol. The quantitative estimate of drug-likeness (QED) is 0.635. The molecule has 26 heavy (non-hydrogen) atoms. The van der Waals surface area contributed by atoms with E-state index >= 15 is 0 Å². The third-order valence-electron chi connectivity index (χ3n) is 4.54. The summed E-state index contributed by atoms with van der Waals surface area (Å²) in [5, 5.41) is 22.3. The van der Waals surface area contributed by atoms with Crippen LogP contribution in [0.15, 0.2) is 27.4 Å². The van der Waals surface area contributed by atoms with E-state index < -0.39 is 33.5 Å². The lowest BCUT2D eigenvalue weighted by atomic mass is 10.0. The van der Waals surface area contributed by atoms with E-state index in [2.05, 4.69) is 5.32 Å². The molecular formula is C17H19NO7S. The number of aryl methyl sites for hydroxylation is 1. The number of amides is 1. The summed E-state index contributed by atoms with van der Waals surface area (Å²) in [5.41, 5.74) is 0.683. The Balaban J connectivity index is 1.73. The first-order chi connectivity index (χ1) is 12.2. The fraction of sp³-hybridized carbons (Fsp3) is 0.412. The Labute approximate surface area is 149 Å². The summed E-state index contributed by atoms with van der Waals surface area (Å²) in [5.74, 6) is -1.12. The van der Waals surface area contributed by atoms with Crippen LogP contribution in [-0.4, -0.2) is 48.2 Å². The minimum atomic E-state index is -3.35. The SMILES string of the molecule is Cc1c(CCC(=O)NC2CS(=O)(=O)CC2O)c(=O)oc2cc(O)ccc12. The van der Waals surface area contributed by atoms with Gasteiger partial charge < -0.3 is 19.9 Å². The van der Waals surface area contributed by atoms with Crippen LogP contribution in [-0.2, 0) is 21.1 Å². The number of aliphatic hydroxyl groups excluding tert-OH is 1. The van der Waals surface area contributed by atoms with Gasteiger partial charge in [0.15, 0.2) is 9.84 Å². The average molecular weight is 381 g/mol. The number of hydrogen-bond acceptors (Lipinski definition) is 7. The third kappa shape index (κ3) is 3.73. The number of hydrogen-bond donors (Lipinski definition) is 3. The normalized spacial score (nSPS) is 21.8. The van der Waals surface area contributed by atoms with Gasteiger partial charge in [0, 0.05) is 23.4 Å². The molecule has 1 fully saturated rings. The van der Waals surface area contributed by atoms with Crippen molar-refractivity contribution < 1.29 is 27.8 Å². The first-order valence-corrected chi connectivity index (χ1v) is 9.91. The zero-order valence-electron chi connectivity index (χ0n) is 14.1. The summed E-state index contributed by atoms with van der Waals surface area (Å²) in [6.07, 6.45) is -1.05. The van der Waals surface area contributed by atoms with Crippen molar-refractivity contribution in [3.05, 3.63) is 39.7 Å². The van der Waals surface area contributed by atoms with Crippen LogP contribution < -0.4 is 10.9 Å². The van der Waals surface area contributed by atoms with Crippen LogP contribution >= 0.6 is 0 Å². The number of carbonyl (C=O) groups is 1. The zero-order valence-corrected chi connectivity index (χ0v) is 14.9. The van der Waals surface area contributed by atoms with Gasteiger partial charge in [0.05, 0.1) is 23.7 Å². The Bertz CT molecular complexity index is 1030. The van der Waals surface area contributed by atoms with Crippen molar-refractivity contribution in [2.75, 3.05) is 11.5 Å². The molecule has 1 saturated heterocycles. The summed E-state index contributed by atoms with van der Waals surface area (Å²) in [6.45, 7) is 1.73. The van der Waals surface area contributed by atoms with E-state index in [1.165, 1.54) is 12.1 Å². The van der Waals surface area contributed by atoms with E-state index in [-0.39, 0.29) is 35.7 Å². The zero-order chi connectivity index (χ0) is 19.1. The van der Waals surface area contributed by atoms with Gasteiger partial charge in [-0.05, 0) is 31.0 Å². The molecule has 1 aromatic heterocycles. The lowest BCUT2D eigenvalue weighted by Crippen LogP contribution is -2.42. The Hall–Kier alpha value is -2.39. The highest BCUT2D eigenvalue weighted by Crippen LogP contribution is 2.24. The molecule has 0 aliphatic carbocycles. The summed E-state index contributed by atoms with van der Waals surface area (Å²) >= 11 is 0. The van der Waals surface area contributed by atoms with E-state index in [0.717, 1.165) is 0 Å². The number of rotatable bonds is 4. The molecule has 2 unspecified atom stereocenters. The van der Waals surface area contributed by atoms with Crippen molar-refractivity contribution in [2.45, 2.75) is 31.9 Å². The second-order valence-corrected chi connectivity index (χ2v) is 8.65. The van der Waals surface area contributed by atoms with Crippen molar-refractivity contribution in [1.29, 1.82) is 0 Å². The van der Waals surface area contributed by atoms with Gasteiger partial charge in [-0.1, -0.05) is 0 Å². The summed E-state index contributed by atoms with van der Waals surface area (Å²) < 4.78 is 28.1. The molecule has 9 heteroatoms. The first-order valence-electron chi connectivity index (χ1n) is 8.09. The number of benzene rings is 1.